The standard InChI is InChI=1S/C13H20N2OS/c1-13(10-14-2)7-3-4-8-15(13)12(16)11-6-5-9-17-11/h5-6,9,14H,3-4,7-8,10H2,1-2H3. The van der Waals surface area contributed by atoms with E-state index in [2.05, 4.69) is 17.1 Å². The number of nitrogens with zero attached hydrogens (tertiary/aromatic N) is 1. The number of thiophene rings is 1. The summed E-state index contributed by atoms with van der Waals surface area (Å²) in [6.07, 6.45) is 3.42. The molecule has 17 heavy (non-hydrogen) atoms. The predicted molar refractivity (Wildman–Crippen MR) is 71.5 cm³/mol. The molecule has 94 valence electrons. The molecule has 2 rings (SSSR count). The Morgan fingerprint density at radius 1 is 1.59 bits per heavy atom. The van der Waals surface area contributed by atoms with Crippen molar-refractivity contribution in [1.82, 2.24) is 10.2 Å². The Balaban J connectivity index is 2.19. The van der Waals surface area contributed by atoms with Gasteiger partial charge in [0, 0.05) is 13.1 Å². The molecule has 2 heterocycles. The number of hydrogen-bond donors (Lipinski definition) is 1. The van der Waals surface area contributed by atoms with Gasteiger partial charge in [0.05, 0.1) is 10.4 Å². The minimum Gasteiger partial charge on any atom is -0.331 e. The van der Waals surface area contributed by atoms with Gasteiger partial charge in [-0.25, -0.2) is 0 Å². The average molecular weight is 252 g/mol. The monoisotopic (exact) mass is 252 g/mol. The maximum atomic E-state index is 12.5. The van der Waals surface area contributed by atoms with E-state index in [-0.39, 0.29) is 11.4 Å². The van der Waals surface area contributed by atoms with E-state index in [1.165, 1.54) is 17.8 Å². The maximum Gasteiger partial charge on any atom is 0.264 e. The third kappa shape index (κ3) is 2.53. The molecule has 0 saturated carbocycles. The van der Waals surface area contributed by atoms with Crippen molar-refractivity contribution >= 4 is 17.2 Å². The molecule has 1 atom stereocenters. The molecule has 1 aliphatic rings. The van der Waals surface area contributed by atoms with Gasteiger partial charge in [-0.3, -0.25) is 4.79 Å². The smallest absolute Gasteiger partial charge is 0.264 e. The molecular weight excluding hydrogens is 232 g/mol. The first kappa shape index (κ1) is 12.6. The summed E-state index contributed by atoms with van der Waals surface area (Å²) in [6.45, 7) is 3.94. The molecule has 0 spiro atoms. The van der Waals surface area contributed by atoms with E-state index in [1.54, 1.807) is 0 Å². The first-order valence-electron chi connectivity index (χ1n) is 6.17. The molecule has 1 amide bonds. The van der Waals surface area contributed by atoms with Crippen LogP contribution in [0.4, 0.5) is 0 Å². The molecule has 3 nitrogen and oxygen atoms in total. The van der Waals surface area contributed by atoms with Gasteiger partial charge in [0.1, 0.15) is 0 Å². The lowest BCUT2D eigenvalue weighted by Crippen LogP contribution is -2.57. The van der Waals surface area contributed by atoms with Crippen molar-refractivity contribution in [2.45, 2.75) is 31.7 Å². The Bertz CT molecular complexity index is 373. The van der Waals surface area contributed by atoms with Gasteiger partial charge in [-0.05, 0) is 44.7 Å². The number of hydrogen-bond acceptors (Lipinski definition) is 3. The van der Waals surface area contributed by atoms with Crippen molar-refractivity contribution in [3.05, 3.63) is 22.4 Å². The van der Waals surface area contributed by atoms with Gasteiger partial charge >= 0.3 is 0 Å². The Morgan fingerprint density at radius 3 is 3.06 bits per heavy atom. The number of amides is 1. The van der Waals surface area contributed by atoms with Gasteiger partial charge < -0.3 is 10.2 Å². The maximum absolute atomic E-state index is 12.5. The SMILES string of the molecule is CNCC1(C)CCCCN1C(=O)c1cccs1. The fourth-order valence-electron chi connectivity index (χ4n) is 2.63. The van der Waals surface area contributed by atoms with Crippen LogP contribution in [0.25, 0.3) is 0 Å². The average Bonchev–Trinajstić information content (AvgIpc) is 2.82. The lowest BCUT2D eigenvalue weighted by atomic mass is 9.88. The fourth-order valence-corrected chi connectivity index (χ4v) is 3.30. The Hall–Kier alpha value is -0.870. The molecule has 1 aliphatic heterocycles. The number of likely N-dealkylation sites (N-methyl/N-ethyl adjacent to an activating group) is 1. The molecule has 0 aliphatic carbocycles. The molecule has 0 radical (unpaired) electrons. The number of carbonyl (C=O) groups excluding carboxylic acids is 1. The number of piperidine rings is 1. The molecule has 4 heteroatoms. The molecule has 1 unspecified atom stereocenters. The van der Waals surface area contributed by atoms with Crippen LogP contribution in [0.3, 0.4) is 0 Å². The van der Waals surface area contributed by atoms with E-state index in [9.17, 15) is 4.79 Å². The van der Waals surface area contributed by atoms with E-state index < -0.39 is 0 Å². The summed E-state index contributed by atoms with van der Waals surface area (Å²) in [5.74, 6) is 0.192. The molecule has 1 aromatic heterocycles. The first-order chi connectivity index (χ1) is 8.17. The summed E-state index contributed by atoms with van der Waals surface area (Å²) < 4.78 is 0. The van der Waals surface area contributed by atoms with Crippen LogP contribution in [0, 0.1) is 0 Å². The number of rotatable bonds is 3. The topological polar surface area (TPSA) is 32.3 Å². The van der Waals surface area contributed by atoms with E-state index in [1.807, 2.05) is 24.6 Å². The van der Waals surface area contributed by atoms with Crippen LogP contribution in [-0.2, 0) is 0 Å². The van der Waals surface area contributed by atoms with E-state index in [0.29, 0.717) is 0 Å². The van der Waals surface area contributed by atoms with Gasteiger partial charge in [-0.15, -0.1) is 11.3 Å². The molecule has 1 fully saturated rings. The summed E-state index contributed by atoms with van der Waals surface area (Å²) in [5, 5.41) is 5.18. The Kier molecular flexibility index (Phi) is 3.84. The van der Waals surface area contributed by atoms with Crippen molar-refractivity contribution in [2.24, 2.45) is 0 Å². The Labute approximate surface area is 107 Å². The summed E-state index contributed by atoms with van der Waals surface area (Å²) in [6, 6.07) is 3.86. The molecular formula is C13H20N2OS. The third-order valence-corrected chi connectivity index (χ3v) is 4.39. The fraction of sp³-hybridized carbons (Fsp3) is 0.615. The molecule has 1 saturated heterocycles. The van der Waals surface area contributed by atoms with Gasteiger partial charge in [-0.2, -0.15) is 0 Å². The number of nitrogens with one attached hydrogen (secondary N) is 1. The highest BCUT2D eigenvalue weighted by molar-refractivity contribution is 7.12. The van der Waals surface area contributed by atoms with Gasteiger partial charge in [0.2, 0.25) is 0 Å². The zero-order chi connectivity index (χ0) is 12.3. The summed E-state index contributed by atoms with van der Waals surface area (Å²) in [7, 11) is 1.95. The van der Waals surface area contributed by atoms with Gasteiger partial charge in [0.25, 0.3) is 5.91 Å². The summed E-state index contributed by atoms with van der Waals surface area (Å²) in [4.78, 5) is 15.4. The molecule has 1 aromatic rings. The highest BCUT2D eigenvalue weighted by Crippen LogP contribution is 2.29. The Morgan fingerprint density at radius 2 is 2.41 bits per heavy atom. The van der Waals surface area contributed by atoms with E-state index in [4.69, 9.17) is 0 Å². The van der Waals surface area contributed by atoms with Crippen LogP contribution in [0.5, 0.6) is 0 Å². The lowest BCUT2D eigenvalue weighted by molar-refractivity contribution is 0.0387. The first-order valence-corrected chi connectivity index (χ1v) is 7.05. The normalized spacial score (nSPS) is 24.9. The van der Waals surface area contributed by atoms with Crippen LogP contribution in [-0.4, -0.2) is 36.5 Å². The van der Waals surface area contributed by atoms with Gasteiger partial charge in [0.15, 0.2) is 0 Å². The minimum atomic E-state index is -0.0337. The van der Waals surface area contributed by atoms with Crippen molar-refractivity contribution in [1.29, 1.82) is 0 Å². The van der Waals surface area contributed by atoms with Crippen molar-refractivity contribution in [3.63, 3.8) is 0 Å². The summed E-state index contributed by atoms with van der Waals surface area (Å²) in [5.41, 5.74) is -0.0337. The van der Waals surface area contributed by atoms with Crippen LogP contribution in [0.2, 0.25) is 0 Å². The zero-order valence-electron chi connectivity index (χ0n) is 10.5. The quantitative estimate of drug-likeness (QED) is 0.895. The van der Waals surface area contributed by atoms with Crippen LogP contribution < -0.4 is 5.32 Å². The number of likely N-dealkylation sites (tertiary alicyclic amines) is 1. The van der Waals surface area contributed by atoms with Crippen LogP contribution >= 0.6 is 11.3 Å². The molecule has 0 aromatic carbocycles. The highest BCUT2D eigenvalue weighted by Gasteiger charge is 2.37. The minimum absolute atomic E-state index is 0.0337. The largest absolute Gasteiger partial charge is 0.331 e. The zero-order valence-corrected chi connectivity index (χ0v) is 11.3. The van der Waals surface area contributed by atoms with Crippen molar-refractivity contribution in [2.75, 3.05) is 20.1 Å². The molecule has 1 N–H and O–H groups in total. The second-order valence-corrected chi connectivity index (χ2v) is 5.87. The van der Waals surface area contributed by atoms with Gasteiger partial charge in [-0.1, -0.05) is 6.07 Å². The van der Waals surface area contributed by atoms with Crippen molar-refractivity contribution in [3.8, 4) is 0 Å². The predicted octanol–water partition coefficient (Wildman–Crippen LogP) is 2.35. The third-order valence-electron chi connectivity index (χ3n) is 3.53. The van der Waals surface area contributed by atoms with Crippen LogP contribution in [0.15, 0.2) is 17.5 Å². The van der Waals surface area contributed by atoms with E-state index in [0.717, 1.165) is 30.8 Å². The summed E-state index contributed by atoms with van der Waals surface area (Å²) >= 11 is 1.53. The second kappa shape index (κ2) is 5.19. The van der Waals surface area contributed by atoms with Crippen LogP contribution in [0.1, 0.15) is 35.9 Å². The van der Waals surface area contributed by atoms with Crippen molar-refractivity contribution < 1.29 is 4.79 Å². The lowest BCUT2D eigenvalue weighted by Gasteiger charge is -2.44. The number of carbonyl (C=O) groups is 1. The highest BCUT2D eigenvalue weighted by atomic mass is 32.1. The van der Waals surface area contributed by atoms with E-state index >= 15 is 0 Å². The second-order valence-electron chi connectivity index (χ2n) is 4.92. The molecule has 0 bridgehead atoms.